The minimum absolute atomic E-state index is 0.0236. The van der Waals surface area contributed by atoms with Crippen LogP contribution in [0.15, 0.2) is 48.7 Å². The van der Waals surface area contributed by atoms with Crippen LogP contribution in [0.3, 0.4) is 0 Å². The summed E-state index contributed by atoms with van der Waals surface area (Å²) in [5, 5.41) is 3.05. The van der Waals surface area contributed by atoms with Gasteiger partial charge in [0.25, 0.3) is 0 Å². The molecule has 1 saturated carbocycles. The number of amides is 1. The van der Waals surface area contributed by atoms with Crippen LogP contribution in [0.4, 0.5) is 5.69 Å². The first kappa shape index (κ1) is 21.2. The maximum absolute atomic E-state index is 12.8. The molecule has 1 amide bonds. The fourth-order valence-electron chi connectivity index (χ4n) is 4.45. The molecule has 5 rings (SSSR count). The van der Waals surface area contributed by atoms with E-state index in [1.807, 2.05) is 36.4 Å². The lowest BCUT2D eigenvalue weighted by Gasteiger charge is -2.26. The fraction of sp³-hybridized carbons (Fsp3) is 0.346. The predicted molar refractivity (Wildman–Crippen MR) is 127 cm³/mol. The van der Waals surface area contributed by atoms with Gasteiger partial charge in [0.05, 0.1) is 18.1 Å². The number of nitrogens with zero attached hydrogens (tertiary/aromatic N) is 2. The highest BCUT2D eigenvalue weighted by atomic mass is 16.6. The standard InChI is InChI=1S/C26H27N3O4/c1-31-24-11-9-21-25(29-24)18(12-13-27-21)5-2-17-3-6-19(7-4-17)26(30)28-20-8-10-22-23(16-20)33-15-14-32-22/h2,5,8-13,16-17,19H,3-4,6-7,14-15H2,1H3,(H,28,30). The Morgan fingerprint density at radius 2 is 1.88 bits per heavy atom. The van der Waals surface area contributed by atoms with Crippen LogP contribution >= 0.6 is 0 Å². The summed E-state index contributed by atoms with van der Waals surface area (Å²) in [5.74, 6) is 2.53. The van der Waals surface area contributed by atoms with E-state index in [9.17, 15) is 4.79 Å². The third-order valence-electron chi connectivity index (χ3n) is 6.30. The summed E-state index contributed by atoms with van der Waals surface area (Å²) in [6.07, 6.45) is 9.87. The van der Waals surface area contributed by atoms with E-state index in [2.05, 4.69) is 27.4 Å². The Labute approximate surface area is 192 Å². The molecule has 0 unspecified atom stereocenters. The molecular weight excluding hydrogens is 418 g/mol. The highest BCUT2D eigenvalue weighted by molar-refractivity contribution is 5.93. The number of fused-ring (bicyclic) bond motifs is 2. The van der Waals surface area contributed by atoms with Gasteiger partial charge in [-0.25, -0.2) is 4.98 Å². The van der Waals surface area contributed by atoms with Crippen LogP contribution in [0.25, 0.3) is 17.1 Å². The third kappa shape index (κ3) is 4.77. The number of anilines is 1. The average molecular weight is 446 g/mol. The van der Waals surface area contributed by atoms with E-state index in [1.165, 1.54) is 0 Å². The molecule has 0 atom stereocenters. The van der Waals surface area contributed by atoms with Crippen molar-refractivity contribution >= 4 is 28.7 Å². The van der Waals surface area contributed by atoms with E-state index >= 15 is 0 Å². The first-order valence-corrected chi connectivity index (χ1v) is 11.4. The number of carbonyl (C=O) groups is 1. The molecule has 2 aliphatic rings. The van der Waals surface area contributed by atoms with Crippen molar-refractivity contribution in [2.75, 3.05) is 25.6 Å². The Morgan fingerprint density at radius 1 is 1.06 bits per heavy atom. The van der Waals surface area contributed by atoms with Gasteiger partial charge in [-0.1, -0.05) is 12.2 Å². The van der Waals surface area contributed by atoms with E-state index in [-0.39, 0.29) is 11.8 Å². The van der Waals surface area contributed by atoms with E-state index in [0.717, 1.165) is 53.7 Å². The summed E-state index contributed by atoms with van der Waals surface area (Å²) in [5.41, 5.74) is 3.45. The Hall–Kier alpha value is -3.61. The Balaban J connectivity index is 1.19. The normalized spacial score (nSPS) is 20.0. The molecule has 1 fully saturated rings. The van der Waals surface area contributed by atoms with Crippen molar-refractivity contribution in [3.63, 3.8) is 0 Å². The second kappa shape index (κ2) is 9.48. The largest absolute Gasteiger partial charge is 0.486 e. The van der Waals surface area contributed by atoms with Crippen LogP contribution in [0.5, 0.6) is 17.4 Å². The number of benzene rings is 1. The molecular formula is C26H27N3O4. The maximum atomic E-state index is 12.8. The quantitative estimate of drug-likeness (QED) is 0.603. The summed E-state index contributed by atoms with van der Waals surface area (Å²) < 4.78 is 16.4. The van der Waals surface area contributed by atoms with Crippen molar-refractivity contribution in [2.24, 2.45) is 11.8 Å². The molecule has 3 aromatic rings. The van der Waals surface area contributed by atoms with Gasteiger partial charge >= 0.3 is 0 Å². The minimum atomic E-state index is 0.0236. The van der Waals surface area contributed by atoms with Crippen molar-refractivity contribution in [1.82, 2.24) is 9.97 Å². The highest BCUT2D eigenvalue weighted by Crippen LogP contribution is 2.34. The second-order valence-electron chi connectivity index (χ2n) is 8.44. The van der Waals surface area contributed by atoms with Crippen molar-refractivity contribution in [1.29, 1.82) is 0 Å². The van der Waals surface area contributed by atoms with Gasteiger partial charge in [0.2, 0.25) is 11.8 Å². The number of rotatable bonds is 5. The molecule has 0 spiro atoms. The van der Waals surface area contributed by atoms with Crippen molar-refractivity contribution in [3.8, 4) is 17.4 Å². The first-order valence-electron chi connectivity index (χ1n) is 11.4. The summed E-state index contributed by atoms with van der Waals surface area (Å²) >= 11 is 0. The van der Waals surface area contributed by atoms with Gasteiger partial charge < -0.3 is 19.5 Å². The Morgan fingerprint density at radius 3 is 2.70 bits per heavy atom. The summed E-state index contributed by atoms with van der Waals surface area (Å²) in [6.45, 7) is 1.08. The van der Waals surface area contributed by atoms with Crippen LogP contribution in [0.2, 0.25) is 0 Å². The number of nitrogens with one attached hydrogen (secondary N) is 1. The summed E-state index contributed by atoms with van der Waals surface area (Å²) in [7, 11) is 1.61. The van der Waals surface area contributed by atoms with Crippen LogP contribution < -0.4 is 19.5 Å². The number of hydrogen-bond acceptors (Lipinski definition) is 6. The zero-order valence-electron chi connectivity index (χ0n) is 18.6. The number of aromatic nitrogens is 2. The third-order valence-corrected chi connectivity index (χ3v) is 6.30. The summed E-state index contributed by atoms with van der Waals surface area (Å²) in [6, 6.07) is 11.3. The number of allylic oxidation sites excluding steroid dienone is 1. The zero-order valence-corrected chi connectivity index (χ0v) is 18.6. The molecule has 1 aliphatic heterocycles. The molecule has 3 heterocycles. The maximum Gasteiger partial charge on any atom is 0.227 e. The molecule has 33 heavy (non-hydrogen) atoms. The molecule has 0 bridgehead atoms. The van der Waals surface area contributed by atoms with Gasteiger partial charge in [0.15, 0.2) is 11.5 Å². The highest BCUT2D eigenvalue weighted by Gasteiger charge is 2.25. The number of methoxy groups -OCH3 is 1. The van der Waals surface area contributed by atoms with E-state index in [4.69, 9.17) is 14.2 Å². The number of hydrogen-bond donors (Lipinski definition) is 1. The van der Waals surface area contributed by atoms with Gasteiger partial charge in [0.1, 0.15) is 13.2 Å². The minimum Gasteiger partial charge on any atom is -0.486 e. The molecule has 1 aliphatic carbocycles. The zero-order chi connectivity index (χ0) is 22.6. The van der Waals surface area contributed by atoms with Crippen molar-refractivity contribution in [2.45, 2.75) is 25.7 Å². The smallest absolute Gasteiger partial charge is 0.227 e. The van der Waals surface area contributed by atoms with Crippen molar-refractivity contribution in [3.05, 3.63) is 54.2 Å². The molecule has 1 aromatic carbocycles. The molecule has 170 valence electrons. The lowest BCUT2D eigenvalue weighted by Crippen LogP contribution is -2.27. The van der Waals surface area contributed by atoms with E-state index < -0.39 is 0 Å². The van der Waals surface area contributed by atoms with Crippen LogP contribution in [0.1, 0.15) is 31.2 Å². The monoisotopic (exact) mass is 445 g/mol. The lowest BCUT2D eigenvalue weighted by molar-refractivity contribution is -0.120. The average Bonchev–Trinajstić information content (AvgIpc) is 2.87. The predicted octanol–water partition coefficient (Wildman–Crippen LogP) is 4.87. The van der Waals surface area contributed by atoms with Gasteiger partial charge in [-0.15, -0.1) is 0 Å². The van der Waals surface area contributed by atoms with Gasteiger partial charge in [-0.2, -0.15) is 0 Å². The SMILES string of the molecule is COc1ccc2nccc(C=CC3CCC(C(=O)Nc4ccc5c(c4)OCCO5)CC3)c2n1. The number of pyridine rings is 2. The number of carbonyl (C=O) groups excluding carboxylic acids is 1. The number of ether oxygens (including phenoxy) is 3. The molecule has 0 saturated heterocycles. The van der Waals surface area contributed by atoms with E-state index in [1.54, 1.807) is 13.3 Å². The molecule has 2 aromatic heterocycles. The Kier molecular flexibility index (Phi) is 6.11. The molecule has 1 N–H and O–H groups in total. The van der Waals surface area contributed by atoms with Gasteiger partial charge in [-0.05, 0) is 55.9 Å². The molecule has 7 nitrogen and oxygen atoms in total. The van der Waals surface area contributed by atoms with Crippen LogP contribution in [-0.4, -0.2) is 36.2 Å². The van der Waals surface area contributed by atoms with Crippen molar-refractivity contribution < 1.29 is 19.0 Å². The van der Waals surface area contributed by atoms with E-state index in [0.29, 0.717) is 30.8 Å². The Bertz CT molecular complexity index is 1190. The van der Waals surface area contributed by atoms with Crippen LogP contribution in [0, 0.1) is 11.8 Å². The van der Waals surface area contributed by atoms with Crippen LogP contribution in [-0.2, 0) is 4.79 Å². The molecule has 7 heteroatoms. The first-order chi connectivity index (χ1) is 16.2. The topological polar surface area (TPSA) is 82.6 Å². The fourth-order valence-corrected chi connectivity index (χ4v) is 4.45. The molecule has 0 radical (unpaired) electrons. The second-order valence-corrected chi connectivity index (χ2v) is 8.44. The van der Waals surface area contributed by atoms with Gasteiger partial charge in [-0.3, -0.25) is 9.78 Å². The van der Waals surface area contributed by atoms with Gasteiger partial charge in [0, 0.05) is 35.5 Å². The lowest BCUT2D eigenvalue weighted by atomic mass is 9.81. The summed E-state index contributed by atoms with van der Waals surface area (Å²) in [4.78, 5) is 21.7.